The van der Waals surface area contributed by atoms with Crippen LogP contribution in [0, 0.1) is 12.7 Å². The monoisotopic (exact) mass is 456 g/mol. The van der Waals surface area contributed by atoms with Crippen LogP contribution in [0.3, 0.4) is 0 Å². The molecular formula is C27H21FN2O4. The van der Waals surface area contributed by atoms with Gasteiger partial charge in [-0.1, -0.05) is 36.4 Å². The second kappa shape index (κ2) is 8.19. The van der Waals surface area contributed by atoms with Gasteiger partial charge < -0.3 is 14.8 Å². The van der Waals surface area contributed by atoms with Crippen molar-refractivity contribution in [1.82, 2.24) is 4.98 Å². The summed E-state index contributed by atoms with van der Waals surface area (Å²) < 4.78 is 19.4. The van der Waals surface area contributed by atoms with Crippen LogP contribution in [0.15, 0.2) is 78.5 Å². The molecule has 0 aliphatic carbocycles. The first-order valence-electron chi connectivity index (χ1n) is 10.7. The lowest BCUT2D eigenvalue weighted by atomic mass is 9.94. The van der Waals surface area contributed by atoms with Crippen molar-refractivity contribution in [2.75, 3.05) is 12.0 Å². The number of nitrogens with one attached hydrogen (secondary N) is 1. The third kappa shape index (κ3) is 3.25. The summed E-state index contributed by atoms with van der Waals surface area (Å²) in [7, 11) is 1.38. The molecular weight excluding hydrogens is 435 g/mol. The molecule has 1 aliphatic heterocycles. The minimum Gasteiger partial charge on any atom is -0.507 e. The number of aliphatic hydroxyl groups is 1. The van der Waals surface area contributed by atoms with Crippen LogP contribution in [-0.4, -0.2) is 28.9 Å². The summed E-state index contributed by atoms with van der Waals surface area (Å²) in [4.78, 5) is 31.3. The van der Waals surface area contributed by atoms with E-state index < -0.39 is 29.3 Å². The number of aromatic amines is 1. The lowest BCUT2D eigenvalue weighted by molar-refractivity contribution is -0.132. The Hall–Kier alpha value is -4.39. The zero-order chi connectivity index (χ0) is 24.0. The summed E-state index contributed by atoms with van der Waals surface area (Å²) in [6.45, 7) is 1.84. The highest BCUT2D eigenvalue weighted by Gasteiger charge is 2.48. The molecule has 2 heterocycles. The molecule has 1 aromatic heterocycles. The molecule has 2 N–H and O–H groups in total. The van der Waals surface area contributed by atoms with Crippen molar-refractivity contribution in [2.24, 2.45) is 0 Å². The number of hydrogen-bond acceptors (Lipinski definition) is 4. The fourth-order valence-electron chi connectivity index (χ4n) is 4.54. The van der Waals surface area contributed by atoms with E-state index in [1.807, 2.05) is 43.3 Å². The number of carbonyl (C=O) groups is 2. The number of H-pyrrole nitrogens is 1. The predicted molar refractivity (Wildman–Crippen MR) is 127 cm³/mol. The summed E-state index contributed by atoms with van der Waals surface area (Å²) in [6, 6.07) is 17.4. The van der Waals surface area contributed by atoms with Gasteiger partial charge in [-0.05, 0) is 42.8 Å². The maximum absolute atomic E-state index is 14.1. The molecule has 7 heteroatoms. The molecule has 0 radical (unpaired) electrons. The molecule has 1 unspecified atom stereocenters. The van der Waals surface area contributed by atoms with Gasteiger partial charge in [0.05, 0.1) is 24.3 Å². The Bertz CT molecular complexity index is 1490. The van der Waals surface area contributed by atoms with Crippen molar-refractivity contribution in [2.45, 2.75) is 13.0 Å². The minimum absolute atomic E-state index is 0.00451. The van der Waals surface area contributed by atoms with E-state index in [9.17, 15) is 19.1 Å². The number of amides is 1. The van der Waals surface area contributed by atoms with E-state index >= 15 is 0 Å². The molecule has 4 aromatic rings. The second-order valence-corrected chi connectivity index (χ2v) is 8.09. The molecule has 6 nitrogen and oxygen atoms in total. The highest BCUT2D eigenvalue weighted by Crippen LogP contribution is 2.45. The maximum atomic E-state index is 14.1. The van der Waals surface area contributed by atoms with Gasteiger partial charge in [0.1, 0.15) is 17.3 Å². The van der Waals surface area contributed by atoms with Crippen LogP contribution in [0.2, 0.25) is 0 Å². The van der Waals surface area contributed by atoms with Crippen LogP contribution in [0.1, 0.15) is 22.7 Å². The van der Waals surface area contributed by atoms with Crippen molar-refractivity contribution in [3.05, 3.63) is 101 Å². The normalized spacial score (nSPS) is 17.5. The number of carbonyl (C=O) groups excluding carboxylic acids is 2. The number of fused-ring (bicyclic) bond motifs is 1. The summed E-state index contributed by atoms with van der Waals surface area (Å²) >= 11 is 0. The topological polar surface area (TPSA) is 82.6 Å². The third-order valence-corrected chi connectivity index (χ3v) is 6.15. The Morgan fingerprint density at radius 1 is 1.06 bits per heavy atom. The van der Waals surface area contributed by atoms with Gasteiger partial charge in [0.25, 0.3) is 11.7 Å². The molecule has 1 amide bonds. The second-order valence-electron chi connectivity index (χ2n) is 8.09. The van der Waals surface area contributed by atoms with Gasteiger partial charge in [-0.25, -0.2) is 4.39 Å². The van der Waals surface area contributed by atoms with Crippen molar-refractivity contribution in [3.8, 4) is 5.75 Å². The Kier molecular flexibility index (Phi) is 5.17. The average molecular weight is 456 g/mol. The lowest BCUT2D eigenvalue weighted by Crippen LogP contribution is -2.30. The Morgan fingerprint density at radius 2 is 1.79 bits per heavy atom. The van der Waals surface area contributed by atoms with Gasteiger partial charge in [0, 0.05) is 28.4 Å². The maximum Gasteiger partial charge on any atom is 0.300 e. The number of para-hydroxylation sites is 2. The van der Waals surface area contributed by atoms with E-state index in [0.29, 0.717) is 11.3 Å². The van der Waals surface area contributed by atoms with Gasteiger partial charge in [0.15, 0.2) is 0 Å². The molecule has 1 fully saturated rings. The number of halogens is 1. The Morgan fingerprint density at radius 3 is 2.56 bits per heavy atom. The van der Waals surface area contributed by atoms with Crippen molar-refractivity contribution < 1.29 is 23.8 Å². The number of aromatic nitrogens is 1. The quantitative estimate of drug-likeness (QED) is 0.250. The summed E-state index contributed by atoms with van der Waals surface area (Å²) in [5.74, 6) is -2.57. The molecule has 34 heavy (non-hydrogen) atoms. The fourth-order valence-corrected chi connectivity index (χ4v) is 4.54. The van der Waals surface area contributed by atoms with Gasteiger partial charge in [-0.2, -0.15) is 0 Å². The molecule has 5 rings (SSSR count). The highest BCUT2D eigenvalue weighted by molar-refractivity contribution is 6.52. The van der Waals surface area contributed by atoms with Crippen molar-refractivity contribution in [1.29, 1.82) is 0 Å². The van der Waals surface area contributed by atoms with Crippen LogP contribution in [-0.2, 0) is 9.59 Å². The first-order chi connectivity index (χ1) is 16.4. The third-order valence-electron chi connectivity index (χ3n) is 6.15. The van der Waals surface area contributed by atoms with Gasteiger partial charge in [0.2, 0.25) is 0 Å². The number of methoxy groups -OCH3 is 1. The number of nitrogens with zero attached hydrogens (tertiary/aromatic N) is 1. The predicted octanol–water partition coefficient (Wildman–Crippen LogP) is 5.25. The smallest absolute Gasteiger partial charge is 0.300 e. The summed E-state index contributed by atoms with van der Waals surface area (Å²) in [5, 5.41) is 12.1. The number of benzene rings is 3. The van der Waals surface area contributed by atoms with E-state index in [0.717, 1.165) is 22.5 Å². The Balaban J connectivity index is 1.83. The molecule has 1 aliphatic rings. The number of aryl methyl sites for hydroxylation is 1. The summed E-state index contributed by atoms with van der Waals surface area (Å²) in [6.07, 6.45) is 1.72. The minimum atomic E-state index is -0.940. The van der Waals surface area contributed by atoms with Crippen molar-refractivity contribution in [3.63, 3.8) is 0 Å². The molecule has 170 valence electrons. The van der Waals surface area contributed by atoms with Crippen LogP contribution in [0.25, 0.3) is 16.7 Å². The van der Waals surface area contributed by atoms with E-state index in [-0.39, 0.29) is 16.9 Å². The van der Waals surface area contributed by atoms with E-state index in [1.165, 1.54) is 24.1 Å². The van der Waals surface area contributed by atoms with Gasteiger partial charge in [-0.15, -0.1) is 0 Å². The number of anilines is 1. The number of hydrogen-bond donors (Lipinski definition) is 2. The van der Waals surface area contributed by atoms with E-state index in [2.05, 4.69) is 4.98 Å². The molecule has 1 saturated heterocycles. The van der Waals surface area contributed by atoms with E-state index in [4.69, 9.17) is 4.74 Å². The standard InChI is InChI=1S/C27H21FN2O4/c1-15-7-3-6-10-21(15)30-24(19-14-29-20-9-5-4-8-17(19)20)23(26(32)27(30)33)25(31)18-13-16(28)11-12-22(18)34-2/h3-14,24,29,31H,1-2H3/b25-23+. The average Bonchev–Trinajstić information content (AvgIpc) is 3.38. The first-order valence-corrected chi connectivity index (χ1v) is 10.7. The van der Waals surface area contributed by atoms with Gasteiger partial charge in [-0.3, -0.25) is 14.5 Å². The van der Waals surface area contributed by atoms with Gasteiger partial charge >= 0.3 is 0 Å². The molecule has 3 aromatic carbocycles. The molecule has 0 bridgehead atoms. The number of ketones is 1. The molecule has 0 saturated carbocycles. The van der Waals surface area contributed by atoms with Crippen LogP contribution < -0.4 is 9.64 Å². The fraction of sp³-hybridized carbons (Fsp3) is 0.111. The van der Waals surface area contributed by atoms with E-state index in [1.54, 1.807) is 18.3 Å². The Labute approximate surface area is 194 Å². The highest BCUT2D eigenvalue weighted by atomic mass is 19.1. The molecule has 0 spiro atoms. The number of rotatable bonds is 4. The zero-order valence-electron chi connectivity index (χ0n) is 18.5. The van der Waals surface area contributed by atoms with Crippen LogP contribution >= 0.6 is 0 Å². The molecule has 1 atom stereocenters. The largest absolute Gasteiger partial charge is 0.507 e. The number of aliphatic hydroxyl groups excluding tert-OH is 1. The summed E-state index contributed by atoms with van der Waals surface area (Å²) in [5.41, 5.74) is 2.64. The SMILES string of the molecule is COc1ccc(F)cc1/C(O)=C1\C(=O)C(=O)N(c2ccccc2C)C1c1c[nH]c2ccccc12. The van der Waals surface area contributed by atoms with Crippen LogP contribution in [0.5, 0.6) is 5.75 Å². The zero-order valence-corrected chi connectivity index (χ0v) is 18.5. The first kappa shape index (κ1) is 21.5. The lowest BCUT2D eigenvalue weighted by Gasteiger charge is -2.26. The van der Waals surface area contributed by atoms with Crippen LogP contribution in [0.4, 0.5) is 10.1 Å². The van der Waals surface area contributed by atoms with Crippen molar-refractivity contribution >= 4 is 34.0 Å². The number of ether oxygens (including phenoxy) is 1. The number of Topliss-reactive ketones (excluding diaryl/α,β-unsaturated/α-hetero) is 1.